The molecule has 0 bridgehead atoms. The number of terminal acetylenes is 2. The zero-order chi connectivity index (χ0) is 9.21. The summed E-state index contributed by atoms with van der Waals surface area (Å²) in [6, 6.07) is 0. The minimum Gasteiger partial charge on any atom is -0.324 e. The fourth-order valence-electron chi connectivity index (χ4n) is 0. The maximum absolute atomic E-state index is 9.69. The van der Waals surface area contributed by atoms with Crippen LogP contribution >= 0.6 is 7.60 Å². The summed E-state index contributed by atoms with van der Waals surface area (Å²) < 4.78 is 9.69. The Balaban J connectivity index is -0.000000105. The fraction of sp³-hybridized carbons (Fsp3) is 0.333. The van der Waals surface area contributed by atoms with Gasteiger partial charge >= 0.3 is 7.60 Å². The van der Waals surface area contributed by atoms with E-state index in [4.69, 9.17) is 9.79 Å². The molecule has 0 rings (SSSR count). The molecule has 0 unspecified atom stereocenters. The van der Waals surface area contributed by atoms with E-state index in [1.165, 1.54) is 6.92 Å². The first-order valence-corrected chi connectivity index (χ1v) is 4.07. The van der Waals surface area contributed by atoms with Crippen LogP contribution in [0, 0.1) is 25.7 Å². The van der Waals surface area contributed by atoms with Crippen molar-refractivity contribution in [3.8, 4) is 25.7 Å². The minimum atomic E-state index is -3.65. The fourth-order valence-corrected chi connectivity index (χ4v) is 0. The van der Waals surface area contributed by atoms with E-state index in [2.05, 4.69) is 25.7 Å². The highest BCUT2D eigenvalue weighted by atomic mass is 31.2. The third-order valence-corrected chi connectivity index (χ3v) is 1.24. The van der Waals surface area contributed by atoms with Crippen molar-refractivity contribution in [2.75, 3.05) is 6.16 Å². The molecule has 3 nitrogen and oxygen atoms in total. The van der Waals surface area contributed by atoms with Crippen LogP contribution in [0.1, 0.15) is 6.92 Å². The molecule has 0 spiro atoms. The van der Waals surface area contributed by atoms with Crippen LogP contribution < -0.4 is 0 Å². The Morgan fingerprint density at radius 1 is 1.20 bits per heavy atom. The molecule has 0 aliphatic rings. The van der Waals surface area contributed by atoms with E-state index in [1.54, 1.807) is 0 Å². The molecule has 0 aromatic rings. The second-order valence-electron chi connectivity index (χ2n) is 0.981. The Labute approximate surface area is 61.6 Å². The van der Waals surface area contributed by atoms with E-state index < -0.39 is 7.60 Å². The Kier molecular flexibility index (Phi) is 17.9. The van der Waals surface area contributed by atoms with Gasteiger partial charge in [-0.1, -0.05) is 6.92 Å². The van der Waals surface area contributed by atoms with Crippen molar-refractivity contribution >= 4 is 7.60 Å². The second kappa shape index (κ2) is 11.1. The third-order valence-electron chi connectivity index (χ3n) is 0.412. The van der Waals surface area contributed by atoms with Crippen molar-refractivity contribution < 1.29 is 14.4 Å². The van der Waals surface area contributed by atoms with Gasteiger partial charge in [-0.25, -0.2) is 0 Å². The smallest absolute Gasteiger partial charge is 0.324 e. The summed E-state index contributed by atoms with van der Waals surface area (Å²) in [5, 5.41) is 0. The van der Waals surface area contributed by atoms with Crippen LogP contribution in [-0.2, 0) is 4.57 Å². The van der Waals surface area contributed by atoms with Crippen molar-refractivity contribution in [1.29, 1.82) is 0 Å². The molecule has 0 radical (unpaired) electrons. The molecule has 0 aliphatic heterocycles. The van der Waals surface area contributed by atoms with Crippen LogP contribution in [0.5, 0.6) is 0 Å². The first-order valence-electron chi connectivity index (χ1n) is 2.27. The van der Waals surface area contributed by atoms with E-state index in [9.17, 15) is 4.57 Å². The van der Waals surface area contributed by atoms with Gasteiger partial charge in [0.25, 0.3) is 0 Å². The van der Waals surface area contributed by atoms with Gasteiger partial charge < -0.3 is 9.79 Å². The summed E-state index contributed by atoms with van der Waals surface area (Å²) in [6.07, 6.45) is 15.9. The average molecular weight is 162 g/mol. The standard InChI is InChI=1S/C2H7O3P.2C2H2/c1-2-6(3,4)5;2*1-2/h2H2,1H3,(H2,3,4,5);2*1-2H. The molecule has 0 aromatic heterocycles. The predicted molar refractivity (Wildman–Crippen MR) is 42.4 cm³/mol. The minimum absolute atomic E-state index is 0.0625. The lowest BCUT2D eigenvalue weighted by Crippen LogP contribution is -1.76. The first-order chi connectivity index (χ1) is 4.56. The molecule has 0 fully saturated rings. The predicted octanol–water partition coefficient (Wildman–Crippen LogP) is 0.683. The van der Waals surface area contributed by atoms with Gasteiger partial charge in [0, 0.05) is 6.16 Å². The summed E-state index contributed by atoms with van der Waals surface area (Å²) in [5.41, 5.74) is 0. The van der Waals surface area contributed by atoms with Gasteiger partial charge in [0.15, 0.2) is 0 Å². The van der Waals surface area contributed by atoms with Crippen molar-refractivity contribution in [2.24, 2.45) is 0 Å². The van der Waals surface area contributed by atoms with Gasteiger partial charge in [-0.3, -0.25) is 4.57 Å². The van der Waals surface area contributed by atoms with Gasteiger partial charge in [0.1, 0.15) is 0 Å². The molecular weight excluding hydrogens is 151 g/mol. The lowest BCUT2D eigenvalue weighted by atomic mass is 11.0. The van der Waals surface area contributed by atoms with Crippen molar-refractivity contribution in [2.45, 2.75) is 6.92 Å². The molecule has 2 N–H and O–H groups in total. The summed E-state index contributed by atoms with van der Waals surface area (Å²) >= 11 is 0. The summed E-state index contributed by atoms with van der Waals surface area (Å²) in [4.78, 5) is 15.9. The zero-order valence-corrected chi connectivity index (χ0v) is 6.66. The van der Waals surface area contributed by atoms with E-state index in [0.717, 1.165) is 0 Å². The number of hydrogen-bond acceptors (Lipinski definition) is 1. The van der Waals surface area contributed by atoms with Crippen LogP contribution in [0.25, 0.3) is 0 Å². The number of hydrogen-bond donors (Lipinski definition) is 2. The molecule has 58 valence electrons. The van der Waals surface area contributed by atoms with E-state index in [-0.39, 0.29) is 6.16 Å². The van der Waals surface area contributed by atoms with Gasteiger partial charge in [-0.15, -0.1) is 25.7 Å². The van der Waals surface area contributed by atoms with Crippen LogP contribution in [0.4, 0.5) is 0 Å². The highest BCUT2D eigenvalue weighted by Gasteiger charge is 2.05. The highest BCUT2D eigenvalue weighted by molar-refractivity contribution is 7.51. The van der Waals surface area contributed by atoms with Crippen LogP contribution in [0.2, 0.25) is 0 Å². The first kappa shape index (κ1) is 16.1. The average Bonchev–Trinajstić information content (AvgIpc) is 1.95. The third kappa shape index (κ3) is 55.5. The summed E-state index contributed by atoms with van der Waals surface area (Å²) in [5.74, 6) is 0. The molecule has 0 saturated carbocycles. The SMILES string of the molecule is C#C.C#C.CCP(=O)(O)O. The zero-order valence-electron chi connectivity index (χ0n) is 5.77. The lowest BCUT2D eigenvalue weighted by Gasteiger charge is -1.92. The van der Waals surface area contributed by atoms with Crippen LogP contribution in [0.15, 0.2) is 0 Å². The molecule has 0 aliphatic carbocycles. The summed E-state index contributed by atoms with van der Waals surface area (Å²) in [6.45, 7) is 1.45. The molecule has 10 heavy (non-hydrogen) atoms. The van der Waals surface area contributed by atoms with E-state index in [0.29, 0.717) is 0 Å². The topological polar surface area (TPSA) is 57.5 Å². The molecule has 0 heterocycles. The molecular formula is C6H11O3P. The quantitative estimate of drug-likeness (QED) is 0.440. The van der Waals surface area contributed by atoms with Crippen molar-refractivity contribution in [1.82, 2.24) is 0 Å². The Morgan fingerprint density at radius 2 is 1.30 bits per heavy atom. The Hall–Kier alpha value is -0.730. The van der Waals surface area contributed by atoms with Gasteiger partial charge in [0.05, 0.1) is 0 Å². The normalized spacial score (nSPS) is 7.50. The molecule has 0 atom stereocenters. The molecule has 4 heteroatoms. The Bertz CT molecular complexity index is 124. The van der Waals surface area contributed by atoms with E-state index >= 15 is 0 Å². The van der Waals surface area contributed by atoms with Crippen molar-refractivity contribution in [3.05, 3.63) is 0 Å². The van der Waals surface area contributed by atoms with Crippen LogP contribution in [-0.4, -0.2) is 15.9 Å². The van der Waals surface area contributed by atoms with Crippen LogP contribution in [0.3, 0.4) is 0 Å². The number of rotatable bonds is 1. The monoisotopic (exact) mass is 162 g/mol. The summed E-state index contributed by atoms with van der Waals surface area (Å²) in [7, 11) is -3.65. The Morgan fingerprint density at radius 3 is 1.30 bits per heavy atom. The van der Waals surface area contributed by atoms with E-state index in [1.807, 2.05) is 0 Å². The molecule has 0 aromatic carbocycles. The van der Waals surface area contributed by atoms with Gasteiger partial charge in [0.2, 0.25) is 0 Å². The van der Waals surface area contributed by atoms with Crippen molar-refractivity contribution in [3.63, 3.8) is 0 Å². The van der Waals surface area contributed by atoms with Gasteiger partial charge in [-0.2, -0.15) is 0 Å². The maximum Gasteiger partial charge on any atom is 0.325 e. The highest BCUT2D eigenvalue weighted by Crippen LogP contribution is 2.32. The van der Waals surface area contributed by atoms with Gasteiger partial charge in [-0.05, 0) is 0 Å². The second-order valence-corrected chi connectivity index (χ2v) is 2.94. The maximum atomic E-state index is 9.69. The molecule has 0 amide bonds. The lowest BCUT2D eigenvalue weighted by molar-refractivity contribution is 0.375. The largest absolute Gasteiger partial charge is 0.325 e. The molecule has 0 saturated heterocycles.